The van der Waals surface area contributed by atoms with Gasteiger partial charge in [0.15, 0.2) is 0 Å². The topological polar surface area (TPSA) is 78.4 Å². The fourth-order valence-electron chi connectivity index (χ4n) is 3.04. The van der Waals surface area contributed by atoms with Crippen LogP contribution in [0, 0.1) is 0 Å². The Bertz CT molecular complexity index is 968. The summed E-state index contributed by atoms with van der Waals surface area (Å²) in [6.45, 7) is 6.57. The third-order valence-electron chi connectivity index (χ3n) is 4.44. The number of aliphatic hydroxyl groups excluding tert-OH is 1. The molecule has 0 aliphatic carbocycles. The standard InChI is InChI=1S/C22H22N2O3S/c1-14-18-10-13-28-21(18)22(27)24-11-3-4-19(26)20(14)17-7-5-16(6-8-17)9-12-23-15(2)25/h3-8,10,13,26H,1,9,11-12H2,2H3,(H,23,25)(H,24,27)/b4-3-,20-19-. The van der Waals surface area contributed by atoms with E-state index in [0.717, 1.165) is 17.5 Å². The molecule has 2 aromatic rings. The molecule has 5 nitrogen and oxygen atoms in total. The second kappa shape index (κ2) is 8.71. The molecule has 0 saturated heterocycles. The molecular formula is C22H22N2O3S. The van der Waals surface area contributed by atoms with Crippen molar-refractivity contribution in [1.82, 2.24) is 10.6 Å². The van der Waals surface area contributed by atoms with Crippen molar-refractivity contribution in [3.05, 3.63) is 81.8 Å². The molecule has 2 heterocycles. The maximum Gasteiger partial charge on any atom is 0.262 e. The van der Waals surface area contributed by atoms with Gasteiger partial charge in [-0.1, -0.05) is 36.9 Å². The van der Waals surface area contributed by atoms with Crippen molar-refractivity contribution >= 4 is 34.3 Å². The molecule has 0 radical (unpaired) electrons. The lowest BCUT2D eigenvalue weighted by molar-refractivity contribution is -0.118. The fraction of sp³-hybridized carbons (Fsp3) is 0.182. The molecule has 144 valence electrons. The van der Waals surface area contributed by atoms with Gasteiger partial charge >= 0.3 is 0 Å². The zero-order valence-electron chi connectivity index (χ0n) is 15.6. The predicted molar refractivity (Wildman–Crippen MR) is 113 cm³/mol. The van der Waals surface area contributed by atoms with Crippen LogP contribution in [0.1, 0.15) is 33.3 Å². The lowest BCUT2D eigenvalue weighted by Crippen LogP contribution is -2.23. The van der Waals surface area contributed by atoms with E-state index in [1.807, 2.05) is 35.7 Å². The molecule has 1 aromatic heterocycles. The number of aliphatic hydroxyl groups is 1. The van der Waals surface area contributed by atoms with Crippen molar-refractivity contribution in [3.8, 4) is 0 Å². The summed E-state index contributed by atoms with van der Waals surface area (Å²) in [7, 11) is 0. The second-order valence-electron chi connectivity index (χ2n) is 6.44. The fourth-order valence-corrected chi connectivity index (χ4v) is 3.88. The van der Waals surface area contributed by atoms with E-state index in [9.17, 15) is 14.7 Å². The number of amides is 2. The first-order chi connectivity index (χ1) is 13.5. The number of allylic oxidation sites excluding steroid dienone is 3. The summed E-state index contributed by atoms with van der Waals surface area (Å²) < 4.78 is 0. The van der Waals surface area contributed by atoms with E-state index >= 15 is 0 Å². The molecule has 2 amide bonds. The molecule has 3 rings (SSSR count). The van der Waals surface area contributed by atoms with Crippen LogP contribution >= 0.6 is 11.3 Å². The van der Waals surface area contributed by atoms with Gasteiger partial charge in [-0.2, -0.15) is 0 Å². The molecule has 28 heavy (non-hydrogen) atoms. The van der Waals surface area contributed by atoms with Gasteiger partial charge in [0, 0.05) is 31.1 Å². The molecule has 3 N–H and O–H groups in total. The van der Waals surface area contributed by atoms with Gasteiger partial charge in [-0.3, -0.25) is 9.59 Å². The number of nitrogens with one attached hydrogen (secondary N) is 2. The number of benzene rings is 1. The maximum absolute atomic E-state index is 12.4. The number of thiophene rings is 1. The summed E-state index contributed by atoms with van der Waals surface area (Å²) in [5, 5.41) is 18.1. The number of carbonyl (C=O) groups excluding carboxylic acids is 2. The minimum Gasteiger partial charge on any atom is -0.507 e. The van der Waals surface area contributed by atoms with Gasteiger partial charge in [-0.15, -0.1) is 11.3 Å². The van der Waals surface area contributed by atoms with Crippen LogP contribution < -0.4 is 10.6 Å². The van der Waals surface area contributed by atoms with E-state index in [2.05, 4.69) is 17.2 Å². The Labute approximate surface area is 168 Å². The van der Waals surface area contributed by atoms with Gasteiger partial charge in [0.25, 0.3) is 5.91 Å². The lowest BCUT2D eigenvalue weighted by Gasteiger charge is -2.15. The van der Waals surface area contributed by atoms with Gasteiger partial charge in [0.1, 0.15) is 5.76 Å². The van der Waals surface area contributed by atoms with Crippen LogP contribution in [0.4, 0.5) is 0 Å². The Morgan fingerprint density at radius 1 is 1.29 bits per heavy atom. The van der Waals surface area contributed by atoms with E-state index in [4.69, 9.17) is 0 Å². The Balaban J connectivity index is 1.94. The highest BCUT2D eigenvalue weighted by Gasteiger charge is 2.21. The molecule has 1 aliphatic heterocycles. The number of rotatable bonds is 4. The zero-order chi connectivity index (χ0) is 20.1. The third kappa shape index (κ3) is 4.40. The third-order valence-corrected chi connectivity index (χ3v) is 5.35. The van der Waals surface area contributed by atoms with Gasteiger partial charge < -0.3 is 15.7 Å². The first-order valence-electron chi connectivity index (χ1n) is 8.96. The van der Waals surface area contributed by atoms with E-state index in [1.54, 1.807) is 12.2 Å². The summed E-state index contributed by atoms with van der Waals surface area (Å²) in [5.41, 5.74) is 3.80. The van der Waals surface area contributed by atoms with E-state index < -0.39 is 0 Å². The van der Waals surface area contributed by atoms with Crippen LogP contribution in [0.5, 0.6) is 0 Å². The smallest absolute Gasteiger partial charge is 0.262 e. The van der Waals surface area contributed by atoms with Gasteiger partial charge in [-0.05, 0) is 40.6 Å². The molecule has 6 heteroatoms. The Morgan fingerprint density at radius 3 is 2.75 bits per heavy atom. The van der Waals surface area contributed by atoms with Crippen LogP contribution in [-0.2, 0) is 11.2 Å². The minimum absolute atomic E-state index is 0.0492. The Morgan fingerprint density at radius 2 is 2.04 bits per heavy atom. The van der Waals surface area contributed by atoms with Gasteiger partial charge in [-0.25, -0.2) is 0 Å². The van der Waals surface area contributed by atoms with Crippen LogP contribution in [0.3, 0.4) is 0 Å². The molecule has 0 fully saturated rings. The summed E-state index contributed by atoms with van der Waals surface area (Å²) in [5.74, 6) is -0.0963. The van der Waals surface area contributed by atoms with E-state index in [1.165, 1.54) is 18.3 Å². The predicted octanol–water partition coefficient (Wildman–Crippen LogP) is 3.71. The number of carbonyl (C=O) groups is 2. The molecule has 0 saturated carbocycles. The van der Waals surface area contributed by atoms with Crippen LogP contribution in [0.15, 0.2) is 60.2 Å². The maximum atomic E-state index is 12.4. The number of hydrogen-bond donors (Lipinski definition) is 3. The summed E-state index contributed by atoms with van der Waals surface area (Å²) in [6.07, 6.45) is 4.02. The van der Waals surface area contributed by atoms with Gasteiger partial charge in [0.05, 0.1) is 4.88 Å². The van der Waals surface area contributed by atoms with Crippen molar-refractivity contribution in [1.29, 1.82) is 0 Å². The molecule has 0 unspecified atom stereocenters. The Kier molecular flexibility index (Phi) is 6.11. The summed E-state index contributed by atoms with van der Waals surface area (Å²) in [6, 6.07) is 9.63. The molecule has 0 spiro atoms. The Hall–Kier alpha value is -3.12. The zero-order valence-corrected chi connectivity index (χ0v) is 16.4. The quantitative estimate of drug-likeness (QED) is 0.740. The summed E-state index contributed by atoms with van der Waals surface area (Å²) in [4.78, 5) is 23.9. The van der Waals surface area contributed by atoms with Gasteiger partial charge in [0.2, 0.25) is 5.91 Å². The SMILES string of the molecule is C=C1/C(c2ccc(CCNC(C)=O)cc2)=C(O)\C=C/CNC(=O)c2sccc21. The normalized spacial score (nSPS) is 18.2. The van der Waals surface area contributed by atoms with Crippen LogP contribution in [-0.4, -0.2) is 30.0 Å². The number of fused-ring (bicyclic) bond motifs is 1. The monoisotopic (exact) mass is 394 g/mol. The average molecular weight is 394 g/mol. The van der Waals surface area contributed by atoms with Crippen LogP contribution in [0.2, 0.25) is 0 Å². The van der Waals surface area contributed by atoms with Crippen molar-refractivity contribution in [2.75, 3.05) is 13.1 Å². The minimum atomic E-state index is -0.148. The molecule has 0 atom stereocenters. The van der Waals surface area contributed by atoms with E-state index in [0.29, 0.717) is 34.7 Å². The first-order valence-corrected chi connectivity index (χ1v) is 9.84. The van der Waals surface area contributed by atoms with E-state index in [-0.39, 0.29) is 17.6 Å². The summed E-state index contributed by atoms with van der Waals surface area (Å²) >= 11 is 1.35. The van der Waals surface area contributed by atoms with Crippen molar-refractivity contribution in [3.63, 3.8) is 0 Å². The molecule has 0 bridgehead atoms. The van der Waals surface area contributed by atoms with Crippen LogP contribution in [0.25, 0.3) is 11.1 Å². The highest BCUT2D eigenvalue weighted by atomic mass is 32.1. The largest absolute Gasteiger partial charge is 0.507 e. The second-order valence-corrected chi connectivity index (χ2v) is 7.36. The molecule has 1 aromatic carbocycles. The van der Waals surface area contributed by atoms with Crippen molar-refractivity contribution < 1.29 is 14.7 Å². The highest BCUT2D eigenvalue weighted by molar-refractivity contribution is 7.12. The first kappa shape index (κ1) is 19.6. The lowest BCUT2D eigenvalue weighted by atomic mass is 9.91. The highest BCUT2D eigenvalue weighted by Crippen LogP contribution is 2.36. The van der Waals surface area contributed by atoms with Crippen molar-refractivity contribution in [2.24, 2.45) is 0 Å². The van der Waals surface area contributed by atoms with Crippen molar-refractivity contribution in [2.45, 2.75) is 13.3 Å². The average Bonchev–Trinajstić information content (AvgIpc) is 3.15. The molecular weight excluding hydrogens is 372 g/mol. The molecule has 1 aliphatic rings. The number of hydrogen-bond acceptors (Lipinski definition) is 4.